The number of aromatic nitrogens is 5. The number of hydrogen-bond donors (Lipinski definition) is 1. The molecular formula is C44H43Cl2N7O3. The monoisotopic (exact) mass is 787 g/mol. The van der Waals surface area contributed by atoms with E-state index in [0.29, 0.717) is 48.9 Å². The molecule has 5 heterocycles. The second-order valence-electron chi connectivity index (χ2n) is 14.8. The summed E-state index contributed by atoms with van der Waals surface area (Å²) in [6.45, 7) is 11.1. The van der Waals surface area contributed by atoms with E-state index in [-0.39, 0.29) is 17.6 Å². The molecule has 1 aliphatic rings. The van der Waals surface area contributed by atoms with E-state index in [1.807, 2.05) is 111 Å². The van der Waals surface area contributed by atoms with E-state index in [1.54, 1.807) is 11.1 Å². The van der Waals surface area contributed by atoms with Crippen molar-refractivity contribution in [3.8, 4) is 16.9 Å². The van der Waals surface area contributed by atoms with E-state index in [0.717, 1.165) is 77.5 Å². The highest BCUT2D eigenvalue weighted by Gasteiger charge is 2.39. The van der Waals surface area contributed by atoms with Crippen LogP contribution in [0.2, 0.25) is 10.0 Å². The molecule has 56 heavy (non-hydrogen) atoms. The van der Waals surface area contributed by atoms with Gasteiger partial charge in [-0.2, -0.15) is 5.10 Å². The Morgan fingerprint density at radius 1 is 0.964 bits per heavy atom. The van der Waals surface area contributed by atoms with E-state index >= 15 is 4.79 Å². The number of amides is 2. The van der Waals surface area contributed by atoms with Gasteiger partial charge in [0, 0.05) is 58.4 Å². The maximum Gasteiger partial charge on any atom is 0.275 e. The lowest BCUT2D eigenvalue weighted by Crippen LogP contribution is -2.43. The third-order valence-electron chi connectivity index (χ3n) is 11.1. The van der Waals surface area contributed by atoms with Gasteiger partial charge in [-0.25, -0.2) is 0 Å². The molecule has 4 aromatic heterocycles. The van der Waals surface area contributed by atoms with Crippen molar-refractivity contribution < 1.29 is 14.3 Å². The van der Waals surface area contributed by atoms with Gasteiger partial charge in [0.05, 0.1) is 46.3 Å². The second kappa shape index (κ2) is 14.5. The van der Waals surface area contributed by atoms with E-state index in [1.165, 1.54) is 0 Å². The van der Waals surface area contributed by atoms with Gasteiger partial charge in [-0.1, -0.05) is 53.5 Å². The zero-order valence-corrected chi connectivity index (χ0v) is 33.8. The molecule has 12 heteroatoms. The molecule has 0 saturated carbocycles. The van der Waals surface area contributed by atoms with Gasteiger partial charge in [0.2, 0.25) is 0 Å². The fourth-order valence-electron chi connectivity index (χ4n) is 8.55. The summed E-state index contributed by atoms with van der Waals surface area (Å²) in [6, 6.07) is 21.0. The van der Waals surface area contributed by atoms with Crippen LogP contribution in [-0.2, 0) is 20.0 Å². The number of fused-ring (bicyclic) bond motifs is 4. The average molecular weight is 789 g/mol. The molecule has 0 bridgehead atoms. The van der Waals surface area contributed by atoms with Crippen LogP contribution in [0, 0.1) is 27.7 Å². The first-order chi connectivity index (χ1) is 26.9. The van der Waals surface area contributed by atoms with Crippen LogP contribution in [0.25, 0.3) is 32.9 Å². The Kier molecular flexibility index (Phi) is 9.66. The van der Waals surface area contributed by atoms with Gasteiger partial charge in [0.15, 0.2) is 0 Å². The quantitative estimate of drug-likeness (QED) is 0.139. The first kappa shape index (κ1) is 37.3. The normalized spacial score (nSPS) is 14.2. The summed E-state index contributed by atoms with van der Waals surface area (Å²) < 4.78 is 12.1. The van der Waals surface area contributed by atoms with Gasteiger partial charge >= 0.3 is 0 Å². The van der Waals surface area contributed by atoms with Crippen LogP contribution in [0.5, 0.6) is 5.75 Å². The molecule has 0 aliphatic carbocycles. The van der Waals surface area contributed by atoms with Crippen molar-refractivity contribution in [1.29, 1.82) is 0 Å². The SMILES string of the molecule is Cc1cc(OCCCc2c3n(c4c(-c5c(C)nn(C)c5C)c(Cl)ccc24)[C@H](C)CN(c2c(C(N)=O)n(Cc4ccccn4)c4ccccc24)C3=O)cc(C)c1Cl. The molecule has 7 aromatic rings. The molecule has 0 saturated heterocycles. The smallest absolute Gasteiger partial charge is 0.275 e. The van der Waals surface area contributed by atoms with E-state index in [4.69, 9.17) is 38.8 Å². The van der Waals surface area contributed by atoms with Crippen molar-refractivity contribution in [2.24, 2.45) is 12.8 Å². The van der Waals surface area contributed by atoms with Crippen molar-refractivity contribution in [1.82, 2.24) is 23.9 Å². The highest BCUT2D eigenvalue weighted by atomic mass is 35.5. The lowest BCUT2D eigenvalue weighted by Gasteiger charge is -2.34. The minimum absolute atomic E-state index is 0.218. The number of rotatable bonds is 10. The number of para-hydroxylation sites is 1. The molecular weight excluding hydrogens is 745 g/mol. The maximum atomic E-state index is 15.4. The van der Waals surface area contributed by atoms with Crippen molar-refractivity contribution in [3.05, 3.63) is 128 Å². The summed E-state index contributed by atoms with van der Waals surface area (Å²) in [5.41, 5.74) is 16.4. The third kappa shape index (κ3) is 6.12. The Morgan fingerprint density at radius 2 is 1.70 bits per heavy atom. The van der Waals surface area contributed by atoms with Crippen LogP contribution >= 0.6 is 23.2 Å². The summed E-state index contributed by atoms with van der Waals surface area (Å²) in [6.07, 6.45) is 2.90. The molecule has 0 unspecified atom stereocenters. The standard InChI is InChI=1S/C44H43Cl2N7O3/c1-24-20-30(21-25(2)38(24)46)56-19-11-14-31-32-16-17-34(45)37(36-27(4)49-50(6)28(36)5)39(32)53-26(3)22-52(44(55)41(31)53)40-33-13-7-8-15-35(33)51(42(40)43(47)54)23-29-12-9-10-18-48-29/h7-10,12-13,15-18,20-21,26H,11,14,19,22-23H2,1-6H3,(H2,47,54)/t26-/m1/s1. The van der Waals surface area contributed by atoms with Gasteiger partial charge in [0.1, 0.15) is 17.1 Å². The molecule has 0 radical (unpaired) electrons. The molecule has 10 nitrogen and oxygen atoms in total. The van der Waals surface area contributed by atoms with Crippen LogP contribution in [0.3, 0.4) is 0 Å². The molecule has 0 fully saturated rings. The van der Waals surface area contributed by atoms with Crippen molar-refractivity contribution in [3.63, 3.8) is 0 Å². The molecule has 8 rings (SSSR count). The molecule has 3 aromatic carbocycles. The number of nitrogens with two attached hydrogens (primary N) is 1. The van der Waals surface area contributed by atoms with Gasteiger partial charge in [-0.15, -0.1) is 0 Å². The van der Waals surface area contributed by atoms with Crippen LogP contribution < -0.4 is 15.4 Å². The van der Waals surface area contributed by atoms with Gasteiger partial charge in [-0.05, 0) is 101 Å². The number of aryl methyl sites for hydroxylation is 5. The molecule has 2 amide bonds. The van der Waals surface area contributed by atoms with Crippen molar-refractivity contribution >= 4 is 62.5 Å². The van der Waals surface area contributed by atoms with Crippen LogP contribution in [-0.4, -0.2) is 48.9 Å². The van der Waals surface area contributed by atoms with Gasteiger partial charge in [-0.3, -0.25) is 19.3 Å². The lowest BCUT2D eigenvalue weighted by atomic mass is 9.98. The molecule has 286 valence electrons. The number of ether oxygens (including phenoxy) is 1. The van der Waals surface area contributed by atoms with E-state index in [2.05, 4.69) is 16.5 Å². The summed E-state index contributed by atoms with van der Waals surface area (Å²) in [5, 5.41) is 7.74. The Hall–Kier alpha value is -5.58. The van der Waals surface area contributed by atoms with E-state index in [9.17, 15) is 4.79 Å². The van der Waals surface area contributed by atoms with Crippen LogP contribution in [0.4, 0.5) is 5.69 Å². The van der Waals surface area contributed by atoms with Gasteiger partial charge < -0.3 is 24.5 Å². The predicted molar refractivity (Wildman–Crippen MR) is 224 cm³/mol. The first-order valence-corrected chi connectivity index (χ1v) is 19.5. The molecule has 2 N–H and O–H groups in total. The number of benzene rings is 3. The zero-order chi connectivity index (χ0) is 39.6. The lowest BCUT2D eigenvalue weighted by molar-refractivity contribution is 0.0957. The van der Waals surface area contributed by atoms with Crippen molar-refractivity contribution in [2.75, 3.05) is 18.1 Å². The Morgan fingerprint density at radius 3 is 2.38 bits per heavy atom. The number of halogens is 2. The molecule has 1 aliphatic heterocycles. The third-order valence-corrected chi connectivity index (χ3v) is 12.0. The highest BCUT2D eigenvalue weighted by molar-refractivity contribution is 6.35. The topological polar surface area (TPSA) is 113 Å². The number of primary amides is 1. The summed E-state index contributed by atoms with van der Waals surface area (Å²) >= 11 is 13.6. The second-order valence-corrected chi connectivity index (χ2v) is 15.5. The van der Waals surface area contributed by atoms with E-state index < -0.39 is 5.91 Å². The van der Waals surface area contributed by atoms with Gasteiger partial charge in [0.25, 0.3) is 11.8 Å². The fourth-order valence-corrected chi connectivity index (χ4v) is 8.90. The number of nitrogens with zero attached hydrogens (tertiary/aromatic N) is 6. The Balaban J connectivity index is 1.30. The van der Waals surface area contributed by atoms with Crippen molar-refractivity contribution in [2.45, 2.75) is 60.0 Å². The average Bonchev–Trinajstić information content (AvgIpc) is 3.77. The first-order valence-electron chi connectivity index (χ1n) is 18.8. The predicted octanol–water partition coefficient (Wildman–Crippen LogP) is 9.31. The summed E-state index contributed by atoms with van der Waals surface area (Å²) in [5.74, 6) is -0.0915. The van der Waals surface area contributed by atoms with Crippen LogP contribution in [0.15, 0.2) is 72.9 Å². The zero-order valence-electron chi connectivity index (χ0n) is 32.3. The highest BCUT2D eigenvalue weighted by Crippen LogP contribution is 2.46. The number of anilines is 1. The Labute approximate surface area is 335 Å². The minimum Gasteiger partial charge on any atom is -0.494 e. The Bertz CT molecular complexity index is 2690. The number of carbonyl (C=O) groups is 2. The number of hydrogen-bond acceptors (Lipinski definition) is 5. The number of carbonyl (C=O) groups excluding carboxylic acids is 2. The summed E-state index contributed by atoms with van der Waals surface area (Å²) in [7, 11) is 1.92. The number of pyridine rings is 1. The minimum atomic E-state index is -0.625. The maximum absolute atomic E-state index is 15.4. The molecule has 0 spiro atoms. The summed E-state index contributed by atoms with van der Waals surface area (Å²) in [4.78, 5) is 35.2. The largest absolute Gasteiger partial charge is 0.494 e. The fraction of sp³-hybridized carbons (Fsp3) is 0.273. The van der Waals surface area contributed by atoms with Crippen LogP contribution in [0.1, 0.15) is 74.1 Å². The molecule has 1 atom stereocenters.